The van der Waals surface area contributed by atoms with E-state index in [1.807, 2.05) is 0 Å². The van der Waals surface area contributed by atoms with Gasteiger partial charge in [0, 0.05) is 29.8 Å². The lowest BCUT2D eigenvalue weighted by Gasteiger charge is -2.26. The number of halogens is 3. The van der Waals surface area contributed by atoms with E-state index in [1.165, 1.54) is 35.4 Å². The fourth-order valence-corrected chi connectivity index (χ4v) is 3.18. The first-order valence-corrected chi connectivity index (χ1v) is 8.45. The molecule has 1 amide bonds. The molecule has 28 heavy (non-hydrogen) atoms. The number of Topliss-reactive ketones (excluding diaryl/α,β-unsaturated/α-hetero) is 1. The van der Waals surface area contributed by atoms with E-state index in [2.05, 4.69) is 10.2 Å². The van der Waals surface area contributed by atoms with Crippen LogP contribution in [0.15, 0.2) is 47.1 Å². The fourth-order valence-electron chi connectivity index (χ4n) is 3.18. The molecule has 144 valence electrons. The Morgan fingerprint density at radius 1 is 1.14 bits per heavy atom. The standard InChI is InChI=1S/C19H14F3N3O3/c20-19(21,22)12-5-3-11(4-6-12)16-13-10-25(8-7-14(13)23-24-16)18(27)17(26)15-2-1-9-28-15/h1-6,9H,7-8,10H2,(H,23,24). The SMILES string of the molecule is O=C(C(=O)N1CCc2[nH]nc(-c3ccc(C(F)(F)F)cc3)c2C1)c1ccco1. The second-order valence-electron chi connectivity index (χ2n) is 6.39. The van der Waals surface area contributed by atoms with Gasteiger partial charge in [-0.25, -0.2) is 0 Å². The summed E-state index contributed by atoms with van der Waals surface area (Å²) in [6.45, 7) is 0.459. The number of aromatic nitrogens is 2. The lowest BCUT2D eigenvalue weighted by atomic mass is 9.99. The first-order chi connectivity index (χ1) is 13.3. The molecule has 0 aliphatic carbocycles. The van der Waals surface area contributed by atoms with Crippen molar-refractivity contribution in [2.45, 2.75) is 19.1 Å². The van der Waals surface area contributed by atoms with Crippen molar-refractivity contribution in [1.82, 2.24) is 15.1 Å². The van der Waals surface area contributed by atoms with Crippen molar-refractivity contribution in [3.05, 3.63) is 65.2 Å². The largest absolute Gasteiger partial charge is 0.461 e. The molecule has 0 spiro atoms. The molecular weight excluding hydrogens is 375 g/mol. The molecule has 0 saturated heterocycles. The minimum absolute atomic E-state index is 0.0362. The Kier molecular flexibility index (Phi) is 4.29. The summed E-state index contributed by atoms with van der Waals surface area (Å²) in [6.07, 6.45) is -2.65. The Labute approximate surface area is 157 Å². The number of alkyl halides is 3. The minimum atomic E-state index is -4.42. The van der Waals surface area contributed by atoms with Crippen LogP contribution in [0.25, 0.3) is 11.3 Å². The molecule has 6 nitrogen and oxygen atoms in total. The van der Waals surface area contributed by atoms with Crippen LogP contribution in [-0.2, 0) is 23.9 Å². The zero-order valence-electron chi connectivity index (χ0n) is 14.4. The van der Waals surface area contributed by atoms with E-state index >= 15 is 0 Å². The number of carbonyl (C=O) groups excluding carboxylic acids is 2. The predicted molar refractivity (Wildman–Crippen MR) is 91.2 cm³/mol. The Balaban J connectivity index is 1.58. The van der Waals surface area contributed by atoms with E-state index in [1.54, 1.807) is 0 Å². The van der Waals surface area contributed by atoms with Gasteiger partial charge in [0.05, 0.1) is 24.1 Å². The molecule has 1 aliphatic rings. The van der Waals surface area contributed by atoms with Crippen LogP contribution in [0.4, 0.5) is 13.2 Å². The average Bonchev–Trinajstić information content (AvgIpc) is 3.35. The third kappa shape index (κ3) is 3.19. The molecule has 0 saturated carbocycles. The summed E-state index contributed by atoms with van der Waals surface area (Å²) in [4.78, 5) is 26.1. The monoisotopic (exact) mass is 389 g/mol. The Hall–Kier alpha value is -3.36. The topological polar surface area (TPSA) is 79.2 Å². The first kappa shape index (κ1) is 18.0. The second-order valence-corrected chi connectivity index (χ2v) is 6.39. The van der Waals surface area contributed by atoms with E-state index in [0.717, 1.165) is 17.8 Å². The second kappa shape index (κ2) is 6.66. The molecule has 3 heterocycles. The number of carbonyl (C=O) groups is 2. The summed E-state index contributed by atoms with van der Waals surface area (Å²) in [7, 11) is 0. The summed E-state index contributed by atoms with van der Waals surface area (Å²) in [5, 5.41) is 7.07. The van der Waals surface area contributed by atoms with Crippen LogP contribution >= 0.6 is 0 Å². The van der Waals surface area contributed by atoms with Crippen LogP contribution in [0.5, 0.6) is 0 Å². The van der Waals surface area contributed by atoms with Crippen LogP contribution in [0.1, 0.15) is 27.4 Å². The molecule has 2 aromatic heterocycles. The maximum Gasteiger partial charge on any atom is 0.416 e. The van der Waals surface area contributed by atoms with Gasteiger partial charge >= 0.3 is 6.18 Å². The van der Waals surface area contributed by atoms with Crippen molar-refractivity contribution in [2.24, 2.45) is 0 Å². The number of nitrogens with one attached hydrogen (secondary N) is 1. The summed E-state index contributed by atoms with van der Waals surface area (Å²) < 4.78 is 43.3. The smallest absolute Gasteiger partial charge is 0.416 e. The zero-order chi connectivity index (χ0) is 19.9. The van der Waals surface area contributed by atoms with Gasteiger partial charge in [-0.3, -0.25) is 14.7 Å². The summed E-state index contributed by atoms with van der Waals surface area (Å²) >= 11 is 0. The molecule has 0 unspecified atom stereocenters. The number of rotatable bonds is 3. The average molecular weight is 389 g/mol. The van der Waals surface area contributed by atoms with E-state index in [0.29, 0.717) is 29.8 Å². The third-order valence-electron chi connectivity index (χ3n) is 4.65. The van der Waals surface area contributed by atoms with Gasteiger partial charge in [0.15, 0.2) is 5.76 Å². The summed E-state index contributed by atoms with van der Waals surface area (Å²) in [5.41, 5.74) is 1.70. The quantitative estimate of drug-likeness (QED) is 0.550. The van der Waals surface area contributed by atoms with Crippen LogP contribution < -0.4 is 0 Å². The van der Waals surface area contributed by atoms with Gasteiger partial charge in [0.2, 0.25) is 0 Å². The number of amides is 1. The lowest BCUT2D eigenvalue weighted by molar-refractivity contribution is -0.137. The number of nitrogens with zero attached hydrogens (tertiary/aromatic N) is 2. The molecule has 0 fully saturated rings. The van der Waals surface area contributed by atoms with Crippen molar-refractivity contribution in [3.8, 4) is 11.3 Å². The Bertz CT molecular complexity index is 1020. The number of furan rings is 1. The van der Waals surface area contributed by atoms with Gasteiger partial charge in [-0.15, -0.1) is 0 Å². The first-order valence-electron chi connectivity index (χ1n) is 8.45. The van der Waals surface area contributed by atoms with Crippen LogP contribution in [0, 0.1) is 0 Å². The van der Waals surface area contributed by atoms with Gasteiger partial charge in [0.1, 0.15) is 0 Å². The van der Waals surface area contributed by atoms with Crippen molar-refractivity contribution in [1.29, 1.82) is 0 Å². The fraction of sp³-hybridized carbons (Fsp3) is 0.211. The number of hydrogen-bond donors (Lipinski definition) is 1. The van der Waals surface area contributed by atoms with Crippen LogP contribution in [0.3, 0.4) is 0 Å². The van der Waals surface area contributed by atoms with Gasteiger partial charge in [0.25, 0.3) is 11.7 Å². The van der Waals surface area contributed by atoms with Crippen molar-refractivity contribution in [2.75, 3.05) is 6.54 Å². The summed E-state index contributed by atoms with van der Waals surface area (Å²) in [6, 6.07) is 7.60. The van der Waals surface area contributed by atoms with Gasteiger partial charge in [-0.1, -0.05) is 12.1 Å². The molecule has 0 atom stereocenters. The van der Waals surface area contributed by atoms with Crippen LogP contribution in [0.2, 0.25) is 0 Å². The normalized spacial score (nSPS) is 14.0. The van der Waals surface area contributed by atoms with E-state index in [9.17, 15) is 22.8 Å². The zero-order valence-corrected chi connectivity index (χ0v) is 14.4. The van der Waals surface area contributed by atoms with Crippen molar-refractivity contribution in [3.63, 3.8) is 0 Å². The highest BCUT2D eigenvalue weighted by molar-refractivity contribution is 6.41. The number of fused-ring (bicyclic) bond motifs is 1. The molecule has 1 N–H and O–H groups in total. The number of aromatic amines is 1. The molecule has 0 bridgehead atoms. The molecule has 4 rings (SSSR count). The molecule has 3 aromatic rings. The van der Waals surface area contributed by atoms with E-state index in [-0.39, 0.29) is 12.3 Å². The maximum atomic E-state index is 12.8. The lowest BCUT2D eigenvalue weighted by Crippen LogP contribution is -2.40. The highest BCUT2D eigenvalue weighted by atomic mass is 19.4. The highest BCUT2D eigenvalue weighted by Crippen LogP contribution is 2.33. The summed E-state index contributed by atoms with van der Waals surface area (Å²) in [5.74, 6) is -1.47. The Morgan fingerprint density at radius 2 is 1.89 bits per heavy atom. The van der Waals surface area contributed by atoms with E-state index in [4.69, 9.17) is 4.42 Å². The number of hydrogen-bond acceptors (Lipinski definition) is 4. The maximum absolute atomic E-state index is 12.8. The van der Waals surface area contributed by atoms with Gasteiger partial charge in [-0.05, 0) is 24.3 Å². The van der Waals surface area contributed by atoms with Crippen molar-refractivity contribution < 1.29 is 27.2 Å². The van der Waals surface area contributed by atoms with Crippen LogP contribution in [-0.4, -0.2) is 33.3 Å². The number of H-pyrrole nitrogens is 1. The molecular formula is C19H14F3N3O3. The molecule has 1 aliphatic heterocycles. The molecule has 1 aromatic carbocycles. The third-order valence-corrected chi connectivity index (χ3v) is 4.65. The molecule has 0 radical (unpaired) electrons. The predicted octanol–water partition coefficient (Wildman–Crippen LogP) is 3.46. The Morgan fingerprint density at radius 3 is 2.54 bits per heavy atom. The number of benzene rings is 1. The van der Waals surface area contributed by atoms with E-state index < -0.39 is 23.4 Å². The highest BCUT2D eigenvalue weighted by Gasteiger charge is 2.32. The minimum Gasteiger partial charge on any atom is -0.461 e. The van der Waals surface area contributed by atoms with Gasteiger partial charge < -0.3 is 9.32 Å². The number of ketones is 1. The molecule has 9 heteroatoms. The van der Waals surface area contributed by atoms with Gasteiger partial charge in [-0.2, -0.15) is 18.3 Å². The van der Waals surface area contributed by atoms with Crippen molar-refractivity contribution >= 4 is 11.7 Å².